The Morgan fingerprint density at radius 3 is 1.81 bits per heavy atom. The molecule has 0 unspecified atom stereocenters. The lowest BCUT2D eigenvalue weighted by Crippen LogP contribution is -2.40. The highest BCUT2D eigenvalue weighted by molar-refractivity contribution is 5.85. The van der Waals surface area contributed by atoms with Gasteiger partial charge in [-0.05, 0) is 44.9 Å². The maximum absolute atomic E-state index is 12.4. The van der Waals surface area contributed by atoms with Gasteiger partial charge in [-0.3, -0.25) is 4.79 Å². The highest BCUT2D eigenvalue weighted by atomic mass is 16.5. The Balaban J connectivity index is 1.84. The molecule has 1 rings (SSSR count). The lowest BCUT2D eigenvalue weighted by molar-refractivity contribution is -0.151. The van der Waals surface area contributed by atoms with E-state index in [2.05, 4.69) is 19.1 Å². The zero-order valence-corrected chi connectivity index (χ0v) is 21.3. The summed E-state index contributed by atoms with van der Waals surface area (Å²) >= 11 is 0. The fourth-order valence-corrected chi connectivity index (χ4v) is 4.64. The van der Waals surface area contributed by atoms with E-state index in [1.165, 1.54) is 103 Å². The molecule has 0 saturated carbocycles. The molecule has 0 aromatic carbocycles. The molecule has 1 amide bonds. The van der Waals surface area contributed by atoms with Crippen molar-refractivity contribution in [1.29, 1.82) is 0 Å². The fraction of sp³-hybridized carbons (Fsp3) is 0.857. The second-order valence-electron chi connectivity index (χ2n) is 9.52. The Bertz CT molecular complexity index is 503. The summed E-state index contributed by atoms with van der Waals surface area (Å²) in [4.78, 5) is 25.9. The monoisotopic (exact) mass is 449 g/mol. The molecular weight excluding hydrogens is 398 g/mol. The highest BCUT2D eigenvalue weighted by Gasteiger charge is 2.34. The normalized spacial score (nSPS) is 16.2. The van der Waals surface area contributed by atoms with Crippen LogP contribution in [-0.4, -0.2) is 36.5 Å². The Kier molecular flexibility index (Phi) is 18.2. The molecule has 186 valence electrons. The van der Waals surface area contributed by atoms with Crippen molar-refractivity contribution in [2.45, 2.75) is 141 Å². The Labute approximate surface area is 198 Å². The van der Waals surface area contributed by atoms with Crippen molar-refractivity contribution in [2.24, 2.45) is 0 Å². The third-order valence-electron chi connectivity index (χ3n) is 6.70. The van der Waals surface area contributed by atoms with E-state index in [1.807, 2.05) is 0 Å². The van der Waals surface area contributed by atoms with Gasteiger partial charge >= 0.3 is 5.97 Å². The number of unbranched alkanes of at least 4 members (excludes halogenated alkanes) is 15. The average molecular weight is 450 g/mol. The van der Waals surface area contributed by atoms with Crippen LogP contribution in [0, 0.1) is 0 Å². The number of hydrogen-bond donors (Lipinski definition) is 0. The van der Waals surface area contributed by atoms with E-state index in [9.17, 15) is 9.59 Å². The number of ether oxygens (including phenoxy) is 1. The van der Waals surface area contributed by atoms with E-state index < -0.39 is 0 Å². The zero-order valence-electron chi connectivity index (χ0n) is 21.3. The first-order valence-corrected chi connectivity index (χ1v) is 13.7. The maximum atomic E-state index is 12.4. The van der Waals surface area contributed by atoms with E-state index in [4.69, 9.17) is 4.74 Å². The third kappa shape index (κ3) is 14.0. The topological polar surface area (TPSA) is 46.6 Å². The number of likely N-dealkylation sites (tertiary alicyclic amines) is 1. The van der Waals surface area contributed by atoms with Crippen LogP contribution in [-0.2, 0) is 14.3 Å². The molecule has 1 aliphatic heterocycles. The second-order valence-corrected chi connectivity index (χ2v) is 9.52. The van der Waals surface area contributed by atoms with Crippen molar-refractivity contribution in [2.75, 3.05) is 13.7 Å². The molecule has 0 radical (unpaired) electrons. The highest BCUT2D eigenvalue weighted by Crippen LogP contribution is 2.20. The molecule has 1 atom stereocenters. The molecule has 4 heteroatoms. The molecule has 1 aliphatic rings. The number of carbonyl (C=O) groups excluding carboxylic acids is 2. The molecular formula is C28H51NO3. The minimum Gasteiger partial charge on any atom is -0.467 e. The van der Waals surface area contributed by atoms with Crippen LogP contribution >= 0.6 is 0 Å². The SMILES string of the molecule is CCCCCCCC/C=C\CCCCCCCCCCCC(=O)N1CCC[C@H]1C(=O)OC. The summed E-state index contributed by atoms with van der Waals surface area (Å²) in [6, 6.07) is -0.344. The molecule has 1 heterocycles. The number of allylic oxidation sites excluding steroid dienone is 2. The fourth-order valence-electron chi connectivity index (χ4n) is 4.64. The smallest absolute Gasteiger partial charge is 0.328 e. The quantitative estimate of drug-likeness (QED) is 0.108. The van der Waals surface area contributed by atoms with Gasteiger partial charge in [0.25, 0.3) is 0 Å². The van der Waals surface area contributed by atoms with Gasteiger partial charge in [-0.25, -0.2) is 4.79 Å². The predicted octanol–water partition coefficient (Wildman–Crippen LogP) is 7.75. The minimum atomic E-state index is -0.344. The number of nitrogens with zero attached hydrogens (tertiary/aromatic N) is 1. The first kappa shape index (κ1) is 28.7. The van der Waals surface area contributed by atoms with Crippen LogP contribution in [0.25, 0.3) is 0 Å². The molecule has 1 saturated heterocycles. The summed E-state index contributed by atoms with van der Waals surface area (Å²) in [6.07, 6.45) is 29.1. The van der Waals surface area contributed by atoms with Gasteiger partial charge in [-0.2, -0.15) is 0 Å². The van der Waals surface area contributed by atoms with Crippen LogP contribution < -0.4 is 0 Å². The first-order chi connectivity index (χ1) is 15.7. The molecule has 0 bridgehead atoms. The predicted molar refractivity (Wildman–Crippen MR) is 135 cm³/mol. The maximum Gasteiger partial charge on any atom is 0.328 e. The van der Waals surface area contributed by atoms with E-state index >= 15 is 0 Å². The Morgan fingerprint density at radius 2 is 1.28 bits per heavy atom. The standard InChI is InChI=1S/C28H51NO3/c1-3-4-5-6-7-8-9-10-11-12-13-14-15-16-17-18-19-20-21-24-27(30)29-25-22-23-26(29)28(31)32-2/h10-11,26H,3-9,12-25H2,1-2H3/b11-10-/t26-/m0/s1. The number of amides is 1. The van der Waals surface area contributed by atoms with E-state index in [-0.39, 0.29) is 17.9 Å². The summed E-state index contributed by atoms with van der Waals surface area (Å²) in [7, 11) is 1.40. The number of esters is 1. The van der Waals surface area contributed by atoms with Gasteiger partial charge in [-0.1, -0.05) is 96.1 Å². The van der Waals surface area contributed by atoms with Crippen molar-refractivity contribution in [3.63, 3.8) is 0 Å². The summed E-state index contributed by atoms with van der Waals surface area (Å²) in [6.45, 7) is 2.98. The Hall–Kier alpha value is -1.32. The summed E-state index contributed by atoms with van der Waals surface area (Å²) in [5.74, 6) is -0.140. The molecule has 0 aromatic heterocycles. The van der Waals surface area contributed by atoms with Crippen molar-refractivity contribution >= 4 is 11.9 Å². The number of hydrogen-bond acceptors (Lipinski definition) is 3. The molecule has 4 nitrogen and oxygen atoms in total. The van der Waals surface area contributed by atoms with Crippen LogP contribution in [0.2, 0.25) is 0 Å². The van der Waals surface area contributed by atoms with Crippen LogP contribution in [0.4, 0.5) is 0 Å². The van der Waals surface area contributed by atoms with Crippen molar-refractivity contribution in [3.8, 4) is 0 Å². The van der Waals surface area contributed by atoms with Crippen molar-refractivity contribution < 1.29 is 14.3 Å². The van der Waals surface area contributed by atoms with Crippen LogP contribution in [0.3, 0.4) is 0 Å². The zero-order chi connectivity index (χ0) is 23.3. The van der Waals surface area contributed by atoms with Gasteiger partial charge in [-0.15, -0.1) is 0 Å². The molecule has 0 spiro atoms. The van der Waals surface area contributed by atoms with Gasteiger partial charge in [0.15, 0.2) is 0 Å². The lowest BCUT2D eigenvalue weighted by Gasteiger charge is -2.22. The largest absolute Gasteiger partial charge is 0.467 e. The van der Waals surface area contributed by atoms with E-state index in [0.717, 1.165) is 25.7 Å². The Morgan fingerprint density at radius 1 is 0.781 bits per heavy atom. The van der Waals surface area contributed by atoms with Gasteiger partial charge in [0.2, 0.25) is 5.91 Å². The summed E-state index contributed by atoms with van der Waals surface area (Å²) in [5, 5.41) is 0. The average Bonchev–Trinajstić information content (AvgIpc) is 3.30. The first-order valence-electron chi connectivity index (χ1n) is 13.7. The van der Waals surface area contributed by atoms with Crippen molar-refractivity contribution in [1.82, 2.24) is 4.90 Å². The molecule has 0 aliphatic carbocycles. The van der Waals surface area contributed by atoms with Crippen LogP contribution in [0.1, 0.15) is 135 Å². The van der Waals surface area contributed by atoms with Gasteiger partial charge in [0.1, 0.15) is 6.04 Å². The van der Waals surface area contributed by atoms with E-state index in [1.54, 1.807) is 4.90 Å². The molecule has 0 N–H and O–H groups in total. The minimum absolute atomic E-state index is 0.124. The molecule has 0 aromatic rings. The molecule has 1 fully saturated rings. The van der Waals surface area contributed by atoms with Gasteiger partial charge in [0.05, 0.1) is 7.11 Å². The number of carbonyl (C=O) groups is 2. The van der Waals surface area contributed by atoms with Gasteiger partial charge < -0.3 is 9.64 Å². The van der Waals surface area contributed by atoms with Crippen LogP contribution in [0.5, 0.6) is 0 Å². The molecule has 32 heavy (non-hydrogen) atoms. The summed E-state index contributed by atoms with van der Waals surface area (Å²) in [5.41, 5.74) is 0. The number of methoxy groups -OCH3 is 1. The third-order valence-corrected chi connectivity index (χ3v) is 6.70. The van der Waals surface area contributed by atoms with Crippen LogP contribution in [0.15, 0.2) is 12.2 Å². The lowest BCUT2D eigenvalue weighted by atomic mass is 10.0. The van der Waals surface area contributed by atoms with Gasteiger partial charge in [0, 0.05) is 13.0 Å². The second kappa shape index (κ2) is 20.3. The summed E-state index contributed by atoms with van der Waals surface area (Å²) < 4.78 is 4.82. The van der Waals surface area contributed by atoms with E-state index in [0.29, 0.717) is 13.0 Å². The number of rotatable bonds is 20. The van der Waals surface area contributed by atoms with Crippen molar-refractivity contribution in [3.05, 3.63) is 12.2 Å².